The van der Waals surface area contributed by atoms with Crippen molar-refractivity contribution in [2.75, 3.05) is 6.54 Å². The number of nitrogens with two attached hydrogens (primary N) is 1. The first-order chi connectivity index (χ1) is 7.13. The molecule has 0 aliphatic carbocycles. The predicted octanol–water partition coefficient (Wildman–Crippen LogP) is 2.04. The van der Waals surface area contributed by atoms with E-state index in [1.807, 2.05) is 17.8 Å². The summed E-state index contributed by atoms with van der Waals surface area (Å²) in [6, 6.07) is 3.47. The predicted molar refractivity (Wildman–Crippen MR) is 62.4 cm³/mol. The highest BCUT2D eigenvalue weighted by atomic mass is 35.5. The Kier molecular flexibility index (Phi) is 2.59. The number of phenolic OH excluding ortho intramolecular Hbond substituents is 1. The number of hydrogen-bond donors (Lipinski definition) is 2. The van der Waals surface area contributed by atoms with Gasteiger partial charge in [0.05, 0.1) is 10.5 Å². The second-order valence-corrected chi connectivity index (χ2v) is 4.03. The smallest absolute Gasteiger partial charge is 0.136 e. The molecule has 3 nitrogen and oxygen atoms in total. The maximum Gasteiger partial charge on any atom is 0.136 e. The van der Waals surface area contributed by atoms with Gasteiger partial charge in [-0.15, -0.1) is 0 Å². The lowest BCUT2D eigenvalue weighted by atomic mass is 10.1. The van der Waals surface area contributed by atoms with Crippen LogP contribution < -0.4 is 5.73 Å². The van der Waals surface area contributed by atoms with E-state index < -0.39 is 0 Å². The molecule has 0 aliphatic rings. The second-order valence-electron chi connectivity index (χ2n) is 3.62. The van der Waals surface area contributed by atoms with Crippen LogP contribution in [-0.4, -0.2) is 16.2 Å². The van der Waals surface area contributed by atoms with Crippen molar-refractivity contribution in [1.29, 1.82) is 0 Å². The Balaban J connectivity index is 2.70. The average molecular weight is 225 g/mol. The molecule has 0 saturated carbocycles. The number of aryl methyl sites for hydroxylation is 1. The Labute approximate surface area is 93.1 Å². The first kappa shape index (κ1) is 10.3. The van der Waals surface area contributed by atoms with Gasteiger partial charge in [-0.25, -0.2) is 0 Å². The van der Waals surface area contributed by atoms with Gasteiger partial charge in [-0.1, -0.05) is 11.6 Å². The van der Waals surface area contributed by atoms with Crippen LogP contribution in [0.25, 0.3) is 10.9 Å². The van der Waals surface area contributed by atoms with E-state index in [2.05, 4.69) is 0 Å². The number of aromatic nitrogens is 1. The Morgan fingerprint density at radius 2 is 2.20 bits per heavy atom. The fourth-order valence-electron chi connectivity index (χ4n) is 1.83. The molecular formula is C11H13ClN2O. The lowest BCUT2D eigenvalue weighted by Crippen LogP contribution is -2.01. The fourth-order valence-corrected chi connectivity index (χ4v) is 1.99. The van der Waals surface area contributed by atoms with E-state index in [0.717, 1.165) is 22.9 Å². The monoisotopic (exact) mass is 224 g/mol. The number of benzene rings is 1. The van der Waals surface area contributed by atoms with Crippen molar-refractivity contribution in [1.82, 2.24) is 4.57 Å². The number of phenols is 1. The van der Waals surface area contributed by atoms with Gasteiger partial charge in [0.15, 0.2) is 0 Å². The van der Waals surface area contributed by atoms with Crippen molar-refractivity contribution in [3.8, 4) is 5.75 Å². The van der Waals surface area contributed by atoms with Gasteiger partial charge in [0, 0.05) is 24.7 Å². The molecule has 0 radical (unpaired) electrons. The summed E-state index contributed by atoms with van der Waals surface area (Å²) in [5.41, 5.74) is 7.67. The Bertz CT molecular complexity index is 505. The molecule has 80 valence electrons. The van der Waals surface area contributed by atoms with Crippen molar-refractivity contribution < 1.29 is 5.11 Å². The van der Waals surface area contributed by atoms with Gasteiger partial charge in [0.1, 0.15) is 5.75 Å². The van der Waals surface area contributed by atoms with Gasteiger partial charge in [0.2, 0.25) is 0 Å². The fraction of sp³-hybridized carbons (Fsp3) is 0.273. The molecule has 1 aromatic carbocycles. The Morgan fingerprint density at radius 1 is 1.47 bits per heavy atom. The van der Waals surface area contributed by atoms with E-state index in [-0.39, 0.29) is 5.75 Å². The highest BCUT2D eigenvalue weighted by molar-refractivity contribution is 6.32. The van der Waals surface area contributed by atoms with Crippen LogP contribution in [0.2, 0.25) is 5.02 Å². The van der Waals surface area contributed by atoms with Gasteiger partial charge in [-0.05, 0) is 24.6 Å². The lowest BCUT2D eigenvalue weighted by molar-refractivity contribution is 0.476. The molecule has 0 amide bonds. The van der Waals surface area contributed by atoms with E-state index in [1.165, 1.54) is 0 Å². The maximum atomic E-state index is 9.51. The summed E-state index contributed by atoms with van der Waals surface area (Å²) >= 11 is 5.88. The highest BCUT2D eigenvalue weighted by Crippen LogP contribution is 2.31. The molecule has 1 heterocycles. The van der Waals surface area contributed by atoms with Crippen LogP contribution in [-0.2, 0) is 13.5 Å². The van der Waals surface area contributed by atoms with E-state index in [9.17, 15) is 5.11 Å². The van der Waals surface area contributed by atoms with E-state index in [0.29, 0.717) is 11.6 Å². The molecule has 3 N–H and O–H groups in total. The molecule has 0 saturated heterocycles. The quantitative estimate of drug-likeness (QED) is 0.820. The first-order valence-electron chi connectivity index (χ1n) is 4.80. The third-order valence-corrected chi connectivity index (χ3v) is 2.86. The van der Waals surface area contributed by atoms with Crippen LogP contribution in [0.4, 0.5) is 0 Å². The molecule has 15 heavy (non-hydrogen) atoms. The van der Waals surface area contributed by atoms with Crippen molar-refractivity contribution in [3.05, 3.63) is 28.9 Å². The van der Waals surface area contributed by atoms with Crippen LogP contribution in [0.3, 0.4) is 0 Å². The van der Waals surface area contributed by atoms with Crippen LogP contribution in [0, 0.1) is 0 Å². The first-order valence-corrected chi connectivity index (χ1v) is 5.17. The largest absolute Gasteiger partial charge is 0.506 e. The summed E-state index contributed by atoms with van der Waals surface area (Å²) in [6.07, 6.45) is 2.84. The van der Waals surface area contributed by atoms with Crippen LogP contribution in [0.5, 0.6) is 5.75 Å². The second kappa shape index (κ2) is 3.76. The number of fused-ring (bicyclic) bond motifs is 1. The molecule has 0 unspecified atom stereocenters. The molecule has 0 atom stereocenters. The molecule has 0 fully saturated rings. The summed E-state index contributed by atoms with van der Waals surface area (Å²) in [6.45, 7) is 0.609. The van der Waals surface area contributed by atoms with Crippen molar-refractivity contribution in [2.24, 2.45) is 12.8 Å². The van der Waals surface area contributed by atoms with Crippen molar-refractivity contribution >= 4 is 22.5 Å². The number of rotatable bonds is 2. The highest BCUT2D eigenvalue weighted by Gasteiger charge is 2.09. The minimum atomic E-state index is 0.115. The molecule has 0 bridgehead atoms. The normalized spacial score (nSPS) is 11.1. The lowest BCUT2D eigenvalue weighted by Gasteiger charge is -2.00. The Morgan fingerprint density at radius 3 is 2.87 bits per heavy atom. The van der Waals surface area contributed by atoms with Crippen molar-refractivity contribution in [3.63, 3.8) is 0 Å². The van der Waals surface area contributed by atoms with Crippen LogP contribution >= 0.6 is 11.6 Å². The topological polar surface area (TPSA) is 51.2 Å². The number of nitrogens with zero attached hydrogens (tertiary/aromatic N) is 1. The summed E-state index contributed by atoms with van der Waals surface area (Å²) in [4.78, 5) is 0. The zero-order chi connectivity index (χ0) is 11.0. The van der Waals surface area contributed by atoms with Gasteiger partial charge < -0.3 is 15.4 Å². The van der Waals surface area contributed by atoms with Gasteiger partial charge in [-0.2, -0.15) is 0 Å². The SMILES string of the molecule is Cn1cc(CCN)c2cc(Cl)c(O)cc21. The van der Waals surface area contributed by atoms with Gasteiger partial charge >= 0.3 is 0 Å². The van der Waals surface area contributed by atoms with Crippen LogP contribution in [0.15, 0.2) is 18.3 Å². The summed E-state index contributed by atoms with van der Waals surface area (Å²) in [5, 5.41) is 11.0. The number of halogens is 1. The van der Waals surface area contributed by atoms with Gasteiger partial charge in [-0.3, -0.25) is 0 Å². The minimum Gasteiger partial charge on any atom is -0.506 e. The minimum absolute atomic E-state index is 0.115. The Hall–Kier alpha value is -1.19. The van der Waals surface area contributed by atoms with E-state index >= 15 is 0 Å². The van der Waals surface area contributed by atoms with E-state index in [4.69, 9.17) is 17.3 Å². The zero-order valence-electron chi connectivity index (χ0n) is 8.50. The molecule has 2 aromatic rings. The molecule has 1 aromatic heterocycles. The molecule has 0 aliphatic heterocycles. The van der Waals surface area contributed by atoms with E-state index in [1.54, 1.807) is 12.1 Å². The molecule has 4 heteroatoms. The average Bonchev–Trinajstić information content (AvgIpc) is 2.46. The number of hydrogen-bond acceptors (Lipinski definition) is 2. The van der Waals surface area contributed by atoms with Gasteiger partial charge in [0.25, 0.3) is 0 Å². The summed E-state index contributed by atoms with van der Waals surface area (Å²) in [7, 11) is 1.94. The number of aromatic hydroxyl groups is 1. The molecule has 2 rings (SSSR count). The molecule has 0 spiro atoms. The molecular weight excluding hydrogens is 212 g/mol. The third-order valence-electron chi connectivity index (χ3n) is 2.55. The maximum absolute atomic E-state index is 9.51. The van der Waals surface area contributed by atoms with Crippen LogP contribution in [0.1, 0.15) is 5.56 Å². The standard InChI is InChI=1S/C11H13ClN2O/c1-14-6-7(2-3-13)8-4-9(12)11(15)5-10(8)14/h4-6,15H,2-3,13H2,1H3. The summed E-state index contributed by atoms with van der Waals surface area (Å²) < 4.78 is 1.97. The third kappa shape index (κ3) is 1.68. The summed E-state index contributed by atoms with van der Waals surface area (Å²) in [5.74, 6) is 0.115. The van der Waals surface area contributed by atoms with Crippen molar-refractivity contribution in [2.45, 2.75) is 6.42 Å². The zero-order valence-corrected chi connectivity index (χ0v) is 9.25.